The fourth-order valence-electron chi connectivity index (χ4n) is 1.34. The van der Waals surface area contributed by atoms with Gasteiger partial charge in [-0.1, -0.05) is 0 Å². The Morgan fingerprint density at radius 1 is 1.35 bits per heavy atom. The van der Waals surface area contributed by atoms with E-state index in [-0.39, 0.29) is 16.4 Å². The zero-order chi connectivity index (χ0) is 13.1. The van der Waals surface area contributed by atoms with Crippen molar-refractivity contribution in [2.45, 2.75) is 17.9 Å². The summed E-state index contributed by atoms with van der Waals surface area (Å²) in [7, 11) is -4.67. The third-order valence-electron chi connectivity index (χ3n) is 1.99. The maximum atomic E-state index is 11.8. The van der Waals surface area contributed by atoms with E-state index in [0.717, 1.165) is 0 Å². The number of phenolic OH excluding ortho intramolecular Hbond substituents is 1. The number of nitrogens with one attached hydrogen (secondary N) is 1. The highest BCUT2D eigenvalue weighted by molar-refractivity contribution is 7.89. The van der Waals surface area contributed by atoms with Crippen LogP contribution in [0.1, 0.15) is 6.92 Å². The van der Waals surface area contributed by atoms with Crippen LogP contribution in [0.4, 0.5) is 0 Å². The first-order chi connectivity index (χ1) is 7.81. The second-order valence-corrected chi connectivity index (χ2v) is 6.95. The lowest BCUT2D eigenvalue weighted by atomic mass is 10.3. The number of hydrogen-bond donors (Lipinski definition) is 2. The zero-order valence-corrected chi connectivity index (χ0v) is 11.2. The molecule has 0 amide bonds. The van der Waals surface area contributed by atoms with Gasteiger partial charge in [0.1, 0.15) is 5.75 Å². The summed E-state index contributed by atoms with van der Waals surface area (Å²) in [6.45, 7) is 1.65. The van der Waals surface area contributed by atoms with Crippen LogP contribution >= 0.6 is 0 Å². The summed E-state index contributed by atoms with van der Waals surface area (Å²) < 4.78 is 37.1. The first-order valence-electron chi connectivity index (χ1n) is 4.92. The van der Waals surface area contributed by atoms with Crippen molar-refractivity contribution in [3.63, 3.8) is 0 Å². The molecule has 17 heavy (non-hydrogen) atoms. The molecule has 2 unspecified atom stereocenters. The van der Waals surface area contributed by atoms with E-state index in [1.807, 2.05) is 0 Å². The Hall–Kier alpha value is -0.920. The highest BCUT2D eigenvalue weighted by Crippen LogP contribution is 2.14. The molecular formula is C10H15NO4S2. The second kappa shape index (κ2) is 5.61. The smallest absolute Gasteiger partial charge is 0.240 e. The largest absolute Gasteiger partial charge is 0.508 e. The third-order valence-corrected chi connectivity index (χ3v) is 4.56. The Kier molecular flexibility index (Phi) is 4.67. The normalized spacial score (nSPS) is 15.4. The third kappa shape index (κ3) is 4.45. The molecule has 0 fully saturated rings. The summed E-state index contributed by atoms with van der Waals surface area (Å²) in [5, 5.41) is 9.07. The average molecular weight is 277 g/mol. The molecule has 0 spiro atoms. The lowest BCUT2D eigenvalue weighted by Crippen LogP contribution is -2.36. The van der Waals surface area contributed by atoms with Gasteiger partial charge in [-0.15, -0.1) is 0 Å². The maximum Gasteiger partial charge on any atom is 0.240 e. The van der Waals surface area contributed by atoms with Gasteiger partial charge in [-0.2, -0.15) is 0 Å². The van der Waals surface area contributed by atoms with E-state index in [1.54, 1.807) is 6.92 Å². The van der Waals surface area contributed by atoms with Crippen molar-refractivity contribution in [2.75, 3.05) is 12.0 Å². The molecule has 1 rings (SSSR count). The van der Waals surface area contributed by atoms with Crippen LogP contribution in [0.25, 0.3) is 0 Å². The Labute approximate surface area is 103 Å². The minimum atomic E-state index is -3.62. The quantitative estimate of drug-likeness (QED) is 0.818. The summed E-state index contributed by atoms with van der Waals surface area (Å²) >= 11 is 0. The van der Waals surface area contributed by atoms with E-state index in [0.29, 0.717) is 0 Å². The van der Waals surface area contributed by atoms with E-state index < -0.39 is 26.9 Å². The molecule has 5 nitrogen and oxygen atoms in total. The lowest BCUT2D eigenvalue weighted by molar-refractivity contribution is 0.474. The monoisotopic (exact) mass is 277 g/mol. The first kappa shape index (κ1) is 14.1. The summed E-state index contributed by atoms with van der Waals surface area (Å²) in [6.07, 6.45) is 1.52. The fraction of sp³-hybridized carbons (Fsp3) is 0.400. The zero-order valence-electron chi connectivity index (χ0n) is 9.58. The molecule has 0 radical (unpaired) electrons. The second-order valence-electron chi connectivity index (χ2n) is 3.76. The Balaban J connectivity index is 2.82. The summed E-state index contributed by atoms with van der Waals surface area (Å²) in [5.74, 6) is 0.267. The van der Waals surface area contributed by atoms with Crippen molar-refractivity contribution in [3.05, 3.63) is 24.3 Å². The highest BCUT2D eigenvalue weighted by atomic mass is 32.2. The number of benzene rings is 1. The predicted molar refractivity (Wildman–Crippen MR) is 66.8 cm³/mol. The minimum Gasteiger partial charge on any atom is -0.508 e. The standard InChI is InChI=1S/C10H15NO4S2/c1-8(7-16(2)13)11-17(14,15)10-5-3-9(12)4-6-10/h3-6,8,11-12H,7H2,1-2H3. The average Bonchev–Trinajstić information content (AvgIpc) is 2.15. The van der Waals surface area contributed by atoms with Crippen LogP contribution in [-0.4, -0.2) is 35.8 Å². The number of sulfonamides is 1. The van der Waals surface area contributed by atoms with Gasteiger partial charge in [0.2, 0.25) is 10.0 Å². The van der Waals surface area contributed by atoms with Gasteiger partial charge in [0.15, 0.2) is 0 Å². The van der Waals surface area contributed by atoms with Crippen LogP contribution < -0.4 is 4.72 Å². The van der Waals surface area contributed by atoms with Gasteiger partial charge < -0.3 is 5.11 Å². The molecule has 7 heteroatoms. The van der Waals surface area contributed by atoms with Crippen LogP contribution in [0.5, 0.6) is 5.75 Å². The summed E-state index contributed by atoms with van der Waals surface area (Å²) in [4.78, 5) is 0.0732. The summed E-state index contributed by atoms with van der Waals surface area (Å²) in [5.41, 5.74) is 0. The van der Waals surface area contributed by atoms with Gasteiger partial charge >= 0.3 is 0 Å². The first-order valence-corrected chi connectivity index (χ1v) is 8.13. The Morgan fingerprint density at radius 3 is 2.35 bits per heavy atom. The molecule has 0 bridgehead atoms. The van der Waals surface area contributed by atoms with Gasteiger partial charge in [-0.25, -0.2) is 13.1 Å². The van der Waals surface area contributed by atoms with Crippen molar-refractivity contribution in [1.82, 2.24) is 4.72 Å². The molecular weight excluding hydrogens is 262 g/mol. The van der Waals surface area contributed by atoms with Crippen LogP contribution in [0.2, 0.25) is 0 Å². The molecule has 0 aliphatic heterocycles. The molecule has 1 aromatic carbocycles. The lowest BCUT2D eigenvalue weighted by Gasteiger charge is -2.12. The minimum absolute atomic E-state index is 0.00617. The molecule has 0 aliphatic carbocycles. The van der Waals surface area contributed by atoms with Crippen molar-refractivity contribution < 1.29 is 17.7 Å². The van der Waals surface area contributed by atoms with E-state index in [2.05, 4.69) is 4.72 Å². The Morgan fingerprint density at radius 2 is 1.88 bits per heavy atom. The number of rotatable bonds is 5. The SMILES string of the molecule is CC(CS(C)=O)NS(=O)(=O)c1ccc(O)cc1. The van der Waals surface area contributed by atoms with Crippen molar-refractivity contribution in [1.29, 1.82) is 0 Å². The molecule has 0 saturated carbocycles. The molecule has 2 atom stereocenters. The molecule has 0 saturated heterocycles. The van der Waals surface area contributed by atoms with Crippen molar-refractivity contribution >= 4 is 20.8 Å². The van der Waals surface area contributed by atoms with Crippen LogP contribution in [0.15, 0.2) is 29.2 Å². The molecule has 2 N–H and O–H groups in total. The van der Waals surface area contributed by atoms with E-state index >= 15 is 0 Å². The highest BCUT2D eigenvalue weighted by Gasteiger charge is 2.17. The van der Waals surface area contributed by atoms with Gasteiger partial charge in [0, 0.05) is 28.9 Å². The topological polar surface area (TPSA) is 83.5 Å². The predicted octanol–water partition coefficient (Wildman–Crippen LogP) is 0.437. The van der Waals surface area contributed by atoms with Crippen LogP contribution in [-0.2, 0) is 20.8 Å². The van der Waals surface area contributed by atoms with Crippen molar-refractivity contribution in [3.8, 4) is 5.75 Å². The van der Waals surface area contributed by atoms with Gasteiger partial charge in [-0.05, 0) is 31.2 Å². The van der Waals surface area contributed by atoms with Crippen molar-refractivity contribution in [2.24, 2.45) is 0 Å². The van der Waals surface area contributed by atoms with Crippen LogP contribution in [0, 0.1) is 0 Å². The van der Waals surface area contributed by atoms with Gasteiger partial charge in [-0.3, -0.25) is 4.21 Å². The van der Waals surface area contributed by atoms with E-state index in [9.17, 15) is 12.6 Å². The number of hydrogen-bond acceptors (Lipinski definition) is 4. The molecule has 0 heterocycles. The number of phenols is 1. The molecule has 0 aliphatic rings. The van der Waals surface area contributed by atoms with Gasteiger partial charge in [0.05, 0.1) is 4.90 Å². The molecule has 1 aromatic rings. The van der Waals surface area contributed by atoms with Gasteiger partial charge in [0.25, 0.3) is 0 Å². The van der Waals surface area contributed by atoms with E-state index in [4.69, 9.17) is 5.11 Å². The Bertz CT molecular complexity index is 496. The van der Waals surface area contributed by atoms with Crippen LogP contribution in [0.3, 0.4) is 0 Å². The summed E-state index contributed by atoms with van der Waals surface area (Å²) in [6, 6.07) is 4.83. The number of aromatic hydroxyl groups is 1. The molecule has 96 valence electrons. The maximum absolute atomic E-state index is 11.8. The molecule has 0 aromatic heterocycles. The fourth-order valence-corrected chi connectivity index (χ4v) is 3.48. The van der Waals surface area contributed by atoms with E-state index in [1.165, 1.54) is 30.5 Å².